The lowest BCUT2D eigenvalue weighted by atomic mass is 9.56. The van der Waals surface area contributed by atoms with E-state index in [1.165, 1.54) is 38.5 Å². The topological polar surface area (TPSA) is 26.0 Å². The molecule has 0 saturated heterocycles. The smallest absolute Gasteiger partial charge is 0.0110 e. The third-order valence-electron chi connectivity index (χ3n) is 6.27. The van der Waals surface area contributed by atoms with Gasteiger partial charge in [-0.25, -0.2) is 0 Å². The van der Waals surface area contributed by atoms with Crippen LogP contribution in [0, 0.1) is 23.2 Å². The zero-order chi connectivity index (χ0) is 13.0. The first-order valence-electron chi connectivity index (χ1n) is 8.03. The summed E-state index contributed by atoms with van der Waals surface area (Å²) in [7, 11) is 0. The summed E-state index contributed by atoms with van der Waals surface area (Å²) in [5, 5.41) is 0. The van der Waals surface area contributed by atoms with E-state index >= 15 is 0 Å². The highest BCUT2D eigenvalue weighted by molar-refractivity contribution is 5.50. The van der Waals surface area contributed by atoms with E-state index in [4.69, 9.17) is 5.73 Å². The quantitative estimate of drug-likeness (QED) is 0.696. The molecule has 4 rings (SSSR count). The lowest BCUT2D eigenvalue weighted by Crippen LogP contribution is -2.41. The molecule has 2 fully saturated rings. The minimum atomic E-state index is 0.347. The highest BCUT2D eigenvalue weighted by Crippen LogP contribution is 2.56. The number of allylic oxidation sites excluding steroid dienone is 6. The van der Waals surface area contributed by atoms with Crippen LogP contribution >= 0.6 is 0 Å². The van der Waals surface area contributed by atoms with Crippen LogP contribution in [0.4, 0.5) is 0 Å². The van der Waals surface area contributed by atoms with Crippen LogP contribution in [0.3, 0.4) is 0 Å². The van der Waals surface area contributed by atoms with Gasteiger partial charge in [0, 0.05) is 11.5 Å². The Balaban J connectivity index is 1.67. The first kappa shape index (κ1) is 12.0. The third-order valence-corrected chi connectivity index (χ3v) is 6.27. The summed E-state index contributed by atoms with van der Waals surface area (Å²) in [4.78, 5) is 0. The molecule has 0 spiro atoms. The van der Waals surface area contributed by atoms with Gasteiger partial charge in [-0.05, 0) is 67.4 Å². The highest BCUT2D eigenvalue weighted by Gasteiger charge is 2.45. The number of nitrogens with two attached hydrogens (primary N) is 1. The van der Waals surface area contributed by atoms with Crippen LogP contribution in [0.25, 0.3) is 0 Å². The Morgan fingerprint density at radius 3 is 3.05 bits per heavy atom. The molecule has 1 nitrogen and oxygen atoms in total. The van der Waals surface area contributed by atoms with Crippen molar-refractivity contribution in [1.29, 1.82) is 0 Å². The molecule has 0 aromatic heterocycles. The summed E-state index contributed by atoms with van der Waals surface area (Å²) in [5.74, 6) is 2.63. The molecule has 102 valence electrons. The summed E-state index contributed by atoms with van der Waals surface area (Å²) in [6.07, 6.45) is 17.5. The van der Waals surface area contributed by atoms with Crippen molar-refractivity contribution in [3.8, 4) is 0 Å². The van der Waals surface area contributed by atoms with Crippen LogP contribution in [0.2, 0.25) is 0 Å². The molecule has 0 aromatic rings. The molecule has 19 heavy (non-hydrogen) atoms. The van der Waals surface area contributed by atoms with E-state index in [1.54, 1.807) is 11.1 Å². The molecular formula is C18H25N. The number of fused-ring (bicyclic) bond motifs is 5. The molecule has 2 unspecified atom stereocenters. The molecule has 4 aliphatic rings. The standard InChI is InChI=1S/C18H25N/c1-18-9-2-3-17(18)16-6-4-12-11-13(19)5-7-14(12)15(16)8-10-18/h2-3,6,9,12-15H,4-5,7-8,10-11,19H2,1H3/t12?,13?,14-,15+,18-/m0/s1. The monoisotopic (exact) mass is 255 g/mol. The lowest BCUT2D eigenvalue weighted by Gasteiger charge is -2.49. The fraction of sp³-hybridized carbons (Fsp3) is 0.667. The van der Waals surface area contributed by atoms with E-state index in [0.717, 1.165) is 17.8 Å². The van der Waals surface area contributed by atoms with Crippen molar-refractivity contribution in [1.82, 2.24) is 0 Å². The average Bonchev–Trinajstić information content (AvgIpc) is 2.79. The van der Waals surface area contributed by atoms with Gasteiger partial charge < -0.3 is 5.73 Å². The highest BCUT2D eigenvalue weighted by atomic mass is 14.7. The Morgan fingerprint density at radius 2 is 2.16 bits per heavy atom. The van der Waals surface area contributed by atoms with Crippen LogP contribution in [0.5, 0.6) is 0 Å². The molecule has 0 aromatic carbocycles. The summed E-state index contributed by atoms with van der Waals surface area (Å²) >= 11 is 0. The third kappa shape index (κ3) is 1.71. The van der Waals surface area contributed by atoms with E-state index in [0.29, 0.717) is 11.5 Å². The van der Waals surface area contributed by atoms with E-state index in [1.807, 2.05) is 0 Å². The van der Waals surface area contributed by atoms with Crippen LogP contribution in [0.15, 0.2) is 35.5 Å². The molecule has 1 heteroatoms. The molecule has 2 saturated carbocycles. The zero-order valence-corrected chi connectivity index (χ0v) is 11.9. The van der Waals surface area contributed by atoms with Crippen LogP contribution < -0.4 is 5.73 Å². The molecule has 5 atom stereocenters. The van der Waals surface area contributed by atoms with Gasteiger partial charge in [-0.3, -0.25) is 0 Å². The van der Waals surface area contributed by atoms with Crippen LogP contribution in [-0.4, -0.2) is 6.04 Å². The van der Waals surface area contributed by atoms with Gasteiger partial charge in [0.15, 0.2) is 0 Å². The van der Waals surface area contributed by atoms with Crippen LogP contribution in [-0.2, 0) is 0 Å². The first-order valence-corrected chi connectivity index (χ1v) is 8.03. The van der Waals surface area contributed by atoms with Crippen molar-refractivity contribution in [2.45, 2.75) is 51.5 Å². The minimum absolute atomic E-state index is 0.347. The summed E-state index contributed by atoms with van der Waals surface area (Å²) in [6, 6.07) is 0.470. The molecule has 0 bridgehead atoms. The second kappa shape index (κ2) is 4.09. The van der Waals surface area contributed by atoms with Crippen molar-refractivity contribution in [2.24, 2.45) is 28.9 Å². The maximum atomic E-state index is 6.17. The van der Waals surface area contributed by atoms with E-state index < -0.39 is 0 Å². The van der Waals surface area contributed by atoms with Crippen LogP contribution in [0.1, 0.15) is 45.4 Å². The Hall–Kier alpha value is -0.820. The maximum absolute atomic E-state index is 6.17. The van der Waals surface area contributed by atoms with Gasteiger partial charge in [-0.2, -0.15) is 0 Å². The molecule has 4 aliphatic carbocycles. The van der Waals surface area contributed by atoms with Crippen molar-refractivity contribution >= 4 is 0 Å². The Bertz CT molecular complexity index is 484. The van der Waals surface area contributed by atoms with E-state index in [9.17, 15) is 0 Å². The maximum Gasteiger partial charge on any atom is 0.0110 e. The van der Waals surface area contributed by atoms with Gasteiger partial charge in [0.05, 0.1) is 0 Å². The lowest BCUT2D eigenvalue weighted by molar-refractivity contribution is 0.132. The number of hydrogen-bond donors (Lipinski definition) is 1. The summed E-state index contributed by atoms with van der Waals surface area (Å²) < 4.78 is 0. The normalized spacial score (nSPS) is 47.9. The molecular weight excluding hydrogens is 230 g/mol. The Kier molecular flexibility index (Phi) is 2.57. The fourth-order valence-electron chi connectivity index (χ4n) is 5.20. The van der Waals surface area contributed by atoms with Crippen molar-refractivity contribution < 1.29 is 0 Å². The first-order chi connectivity index (χ1) is 9.17. The fourth-order valence-corrected chi connectivity index (χ4v) is 5.20. The van der Waals surface area contributed by atoms with E-state index in [-0.39, 0.29) is 0 Å². The average molecular weight is 255 g/mol. The number of hydrogen-bond acceptors (Lipinski definition) is 1. The SMILES string of the molecule is C[C@@]12C=CC=C1C1=CCC3CC(N)CC[C@@H]3[C@H]1CC2. The van der Waals surface area contributed by atoms with Gasteiger partial charge in [0.2, 0.25) is 0 Å². The van der Waals surface area contributed by atoms with Gasteiger partial charge in [-0.1, -0.05) is 31.2 Å². The predicted molar refractivity (Wildman–Crippen MR) is 79.6 cm³/mol. The molecule has 0 heterocycles. The zero-order valence-electron chi connectivity index (χ0n) is 11.9. The molecule has 2 N–H and O–H groups in total. The number of rotatable bonds is 0. The van der Waals surface area contributed by atoms with Gasteiger partial charge in [0.1, 0.15) is 0 Å². The largest absolute Gasteiger partial charge is 0.328 e. The molecule has 0 radical (unpaired) electrons. The second-order valence-corrected chi connectivity index (χ2v) is 7.39. The van der Waals surface area contributed by atoms with Gasteiger partial charge in [-0.15, -0.1) is 0 Å². The predicted octanol–water partition coefficient (Wildman–Crippen LogP) is 3.97. The van der Waals surface area contributed by atoms with Gasteiger partial charge in [0.25, 0.3) is 0 Å². The minimum Gasteiger partial charge on any atom is -0.328 e. The molecule has 0 aliphatic heterocycles. The van der Waals surface area contributed by atoms with Gasteiger partial charge >= 0.3 is 0 Å². The second-order valence-electron chi connectivity index (χ2n) is 7.39. The summed E-state index contributed by atoms with van der Waals surface area (Å²) in [6.45, 7) is 2.42. The Morgan fingerprint density at radius 1 is 1.26 bits per heavy atom. The van der Waals surface area contributed by atoms with Crippen molar-refractivity contribution in [2.75, 3.05) is 0 Å². The van der Waals surface area contributed by atoms with E-state index in [2.05, 4.69) is 31.2 Å². The Labute approximate surface area is 116 Å². The van der Waals surface area contributed by atoms with Crippen molar-refractivity contribution in [3.63, 3.8) is 0 Å². The molecule has 0 amide bonds. The van der Waals surface area contributed by atoms with Crippen molar-refractivity contribution in [3.05, 3.63) is 35.5 Å². The summed E-state index contributed by atoms with van der Waals surface area (Å²) in [5.41, 5.74) is 9.86.